The maximum atomic E-state index is 14.8. The Hall–Kier alpha value is -3.86. The average Bonchev–Trinajstić information content (AvgIpc) is 2.90. The van der Waals surface area contributed by atoms with E-state index in [1.807, 2.05) is 0 Å². The van der Waals surface area contributed by atoms with Gasteiger partial charge in [-0.25, -0.2) is 22.8 Å². The summed E-state index contributed by atoms with van der Waals surface area (Å²) in [5.41, 5.74) is -1.20. The summed E-state index contributed by atoms with van der Waals surface area (Å²) < 4.78 is 53.6. The molecule has 0 aliphatic carbocycles. The summed E-state index contributed by atoms with van der Waals surface area (Å²) in [6.07, 6.45) is 1.72. The summed E-state index contributed by atoms with van der Waals surface area (Å²) in [6, 6.07) is 7.01. The van der Waals surface area contributed by atoms with Gasteiger partial charge < -0.3 is 14.8 Å². The fourth-order valence-corrected chi connectivity index (χ4v) is 3.61. The highest BCUT2D eigenvalue weighted by Crippen LogP contribution is 2.33. The van der Waals surface area contributed by atoms with Gasteiger partial charge in [0.1, 0.15) is 5.82 Å². The lowest BCUT2D eigenvalue weighted by Crippen LogP contribution is -2.66. The van der Waals surface area contributed by atoms with Crippen molar-refractivity contribution < 1.29 is 37.0 Å². The molecule has 0 bridgehead atoms. The van der Waals surface area contributed by atoms with E-state index in [2.05, 4.69) is 5.32 Å². The molecule has 11 heteroatoms. The number of hydrogen-bond donors (Lipinski definition) is 1. The Morgan fingerprint density at radius 1 is 0.970 bits per heavy atom. The van der Waals surface area contributed by atoms with Crippen LogP contribution in [-0.2, 0) is 19.1 Å². The van der Waals surface area contributed by atoms with Gasteiger partial charge in [0.05, 0.1) is 23.5 Å². The van der Waals surface area contributed by atoms with E-state index in [0.29, 0.717) is 6.54 Å². The van der Waals surface area contributed by atoms with Crippen molar-refractivity contribution in [2.45, 2.75) is 5.91 Å². The number of hydrogen-bond acceptors (Lipinski definition) is 7. The van der Waals surface area contributed by atoms with E-state index in [-0.39, 0.29) is 24.3 Å². The molecule has 4 rings (SSSR count). The van der Waals surface area contributed by atoms with Gasteiger partial charge in [0.2, 0.25) is 0 Å². The highest BCUT2D eigenvalue weighted by atomic mass is 19.2. The summed E-state index contributed by atoms with van der Waals surface area (Å²) in [5.74, 6) is -8.36. The van der Waals surface area contributed by atoms with Gasteiger partial charge in [-0.1, -0.05) is 12.1 Å². The van der Waals surface area contributed by atoms with Gasteiger partial charge in [-0.2, -0.15) is 0 Å². The fraction of sp³-hybridized carbons (Fsp3) is 0.227. The van der Waals surface area contributed by atoms with Crippen LogP contribution < -0.4 is 5.32 Å². The van der Waals surface area contributed by atoms with Crippen molar-refractivity contribution in [2.24, 2.45) is 0 Å². The number of ether oxygens (including phenoxy) is 2. The van der Waals surface area contributed by atoms with E-state index in [4.69, 9.17) is 9.47 Å². The summed E-state index contributed by atoms with van der Waals surface area (Å²) >= 11 is 0. The minimum Gasteiger partial charge on any atom is -0.399 e. The van der Waals surface area contributed by atoms with E-state index in [0.717, 1.165) is 35.3 Å². The Morgan fingerprint density at radius 2 is 1.64 bits per heavy atom. The molecule has 0 radical (unpaired) electrons. The monoisotopic (exact) mass is 461 g/mol. The van der Waals surface area contributed by atoms with Crippen LogP contribution in [0.3, 0.4) is 0 Å². The van der Waals surface area contributed by atoms with Crippen LogP contribution in [0.1, 0.15) is 10.4 Å². The molecule has 2 aliphatic heterocycles. The first-order valence-electron chi connectivity index (χ1n) is 9.84. The van der Waals surface area contributed by atoms with Crippen LogP contribution in [0.2, 0.25) is 0 Å². The molecule has 1 spiro atoms. The molecule has 0 aromatic heterocycles. The number of nitrogens with one attached hydrogen (secondary N) is 1. The number of nitrogens with zero attached hydrogens (tertiary/aromatic N) is 2. The zero-order valence-electron chi connectivity index (χ0n) is 17.3. The lowest BCUT2D eigenvalue weighted by molar-refractivity contribution is -0.283. The third-order valence-electron chi connectivity index (χ3n) is 5.17. The standard InChI is InChI=1S/C22H18F3N3O5/c1-27-10-11-28(22(12-27)32-17(29)8-9-18(30)33-22)21(31)13-6-7-15(24)19(25)20(13)26-16-5-3-2-4-14(16)23/h2-9,26H,10-12H2,1H3. The van der Waals surface area contributed by atoms with Crippen molar-refractivity contribution in [2.75, 3.05) is 32.0 Å². The predicted octanol–water partition coefficient (Wildman–Crippen LogP) is 2.55. The average molecular weight is 461 g/mol. The SMILES string of the molecule is CN1CCN(C(=O)c2ccc(F)c(F)c2Nc2ccccc2F)C2(C1)OC(=O)C=CC(=O)O2. The first kappa shape index (κ1) is 22.3. The highest BCUT2D eigenvalue weighted by molar-refractivity contribution is 6.01. The molecule has 2 heterocycles. The number of amides is 1. The molecule has 1 N–H and O–H groups in total. The Kier molecular flexibility index (Phi) is 5.81. The van der Waals surface area contributed by atoms with Crippen molar-refractivity contribution in [3.8, 4) is 0 Å². The number of esters is 2. The maximum Gasteiger partial charge on any atom is 0.358 e. The number of anilines is 2. The number of piperazine rings is 1. The summed E-state index contributed by atoms with van der Waals surface area (Å²) in [4.78, 5) is 40.4. The second-order valence-corrected chi connectivity index (χ2v) is 7.47. The second kappa shape index (κ2) is 8.58. The van der Waals surface area contributed by atoms with Crippen molar-refractivity contribution >= 4 is 29.2 Å². The normalized spacial score (nSPS) is 18.0. The molecule has 0 saturated carbocycles. The van der Waals surface area contributed by atoms with Crippen LogP contribution in [0.5, 0.6) is 0 Å². The molecule has 2 aliphatic rings. The Morgan fingerprint density at radius 3 is 2.30 bits per heavy atom. The van der Waals surface area contributed by atoms with Gasteiger partial charge in [0, 0.05) is 25.2 Å². The molecule has 33 heavy (non-hydrogen) atoms. The molecule has 2 aromatic rings. The van der Waals surface area contributed by atoms with Crippen LogP contribution in [0.4, 0.5) is 24.5 Å². The van der Waals surface area contributed by atoms with Gasteiger partial charge in [0.15, 0.2) is 11.6 Å². The molecule has 1 saturated heterocycles. The summed E-state index contributed by atoms with van der Waals surface area (Å²) in [7, 11) is 1.66. The van der Waals surface area contributed by atoms with E-state index < -0.39 is 46.9 Å². The largest absolute Gasteiger partial charge is 0.399 e. The number of carbonyl (C=O) groups excluding carboxylic acids is 3. The second-order valence-electron chi connectivity index (χ2n) is 7.47. The molecule has 1 fully saturated rings. The predicted molar refractivity (Wildman–Crippen MR) is 109 cm³/mol. The number of para-hydroxylation sites is 1. The van der Waals surface area contributed by atoms with E-state index >= 15 is 0 Å². The van der Waals surface area contributed by atoms with Gasteiger partial charge in [-0.3, -0.25) is 14.6 Å². The molecule has 8 nitrogen and oxygen atoms in total. The number of carbonyl (C=O) groups is 3. The maximum absolute atomic E-state index is 14.8. The van der Waals surface area contributed by atoms with Crippen molar-refractivity contribution in [3.63, 3.8) is 0 Å². The zero-order chi connectivity index (χ0) is 23.8. The summed E-state index contributed by atoms with van der Waals surface area (Å²) in [6.45, 7) is 0.0431. The molecule has 172 valence electrons. The minimum atomic E-state index is -2.14. The third kappa shape index (κ3) is 4.27. The van der Waals surface area contributed by atoms with Crippen LogP contribution in [0.15, 0.2) is 48.6 Å². The van der Waals surface area contributed by atoms with Crippen molar-refractivity contribution in [3.05, 3.63) is 71.6 Å². The smallest absolute Gasteiger partial charge is 0.358 e. The number of likely N-dealkylation sites (N-methyl/N-ethyl adjacent to an activating group) is 1. The summed E-state index contributed by atoms with van der Waals surface area (Å²) in [5, 5.41) is 2.42. The van der Waals surface area contributed by atoms with E-state index in [1.54, 1.807) is 11.9 Å². The number of rotatable bonds is 3. The molecule has 0 atom stereocenters. The molecular formula is C22H18F3N3O5. The highest BCUT2D eigenvalue weighted by Gasteiger charge is 2.52. The number of benzene rings is 2. The fourth-order valence-electron chi connectivity index (χ4n) is 3.61. The Bertz CT molecular complexity index is 1150. The lowest BCUT2D eigenvalue weighted by Gasteiger charge is -2.46. The zero-order valence-corrected chi connectivity index (χ0v) is 17.3. The van der Waals surface area contributed by atoms with Crippen molar-refractivity contribution in [1.82, 2.24) is 9.80 Å². The third-order valence-corrected chi connectivity index (χ3v) is 5.17. The first-order chi connectivity index (χ1) is 15.7. The van der Waals surface area contributed by atoms with Crippen LogP contribution in [-0.4, -0.2) is 60.2 Å². The van der Waals surface area contributed by atoms with Crippen LogP contribution in [0, 0.1) is 17.5 Å². The van der Waals surface area contributed by atoms with Gasteiger partial charge in [-0.05, 0) is 31.3 Å². The Labute approximate surface area is 186 Å². The minimum absolute atomic E-state index is 0.0754. The Balaban J connectivity index is 1.78. The lowest BCUT2D eigenvalue weighted by atomic mass is 10.1. The van der Waals surface area contributed by atoms with E-state index in [9.17, 15) is 27.6 Å². The topological polar surface area (TPSA) is 88.2 Å². The van der Waals surface area contributed by atoms with Crippen LogP contribution in [0.25, 0.3) is 0 Å². The van der Waals surface area contributed by atoms with Gasteiger partial charge in [-0.15, -0.1) is 0 Å². The molecular weight excluding hydrogens is 443 g/mol. The van der Waals surface area contributed by atoms with Gasteiger partial charge >= 0.3 is 17.8 Å². The molecule has 2 aromatic carbocycles. The van der Waals surface area contributed by atoms with E-state index in [1.165, 1.54) is 18.2 Å². The van der Waals surface area contributed by atoms with Crippen molar-refractivity contribution in [1.29, 1.82) is 0 Å². The first-order valence-corrected chi connectivity index (χ1v) is 9.84. The molecule has 1 amide bonds. The quantitative estimate of drug-likeness (QED) is 0.703. The van der Waals surface area contributed by atoms with Gasteiger partial charge in [0.25, 0.3) is 5.91 Å². The molecule has 0 unspecified atom stereocenters. The van der Waals surface area contributed by atoms with Crippen LogP contribution >= 0.6 is 0 Å². The number of halogens is 3.